The van der Waals surface area contributed by atoms with Crippen LogP contribution in [0.3, 0.4) is 0 Å². The van der Waals surface area contributed by atoms with E-state index in [0.717, 1.165) is 10.9 Å². The Kier molecular flexibility index (Phi) is 4.26. The van der Waals surface area contributed by atoms with Gasteiger partial charge in [-0.3, -0.25) is 13.9 Å². The van der Waals surface area contributed by atoms with Crippen LogP contribution in [0.25, 0.3) is 21.9 Å². The molecule has 0 unspecified atom stereocenters. The molecule has 0 bridgehead atoms. The Hall–Kier alpha value is -2.67. The second-order valence-corrected chi connectivity index (χ2v) is 7.37. The van der Waals surface area contributed by atoms with E-state index >= 15 is 0 Å². The summed E-state index contributed by atoms with van der Waals surface area (Å²) in [6.45, 7) is 4.61. The number of fused-ring (bicyclic) bond motifs is 2. The number of aromatic nitrogens is 4. The van der Waals surface area contributed by atoms with Crippen molar-refractivity contribution in [3.63, 3.8) is 0 Å². The lowest BCUT2D eigenvalue weighted by atomic mass is 10.0. The molecule has 0 aliphatic heterocycles. The van der Waals surface area contributed by atoms with Gasteiger partial charge in [0.05, 0.1) is 6.54 Å². The van der Waals surface area contributed by atoms with Crippen LogP contribution < -0.4 is 11.2 Å². The van der Waals surface area contributed by atoms with Gasteiger partial charge in [0, 0.05) is 13.6 Å². The molecule has 4 rings (SSSR count). The third-order valence-electron chi connectivity index (χ3n) is 5.01. The molecule has 0 aliphatic rings. The van der Waals surface area contributed by atoms with Gasteiger partial charge in [0.25, 0.3) is 5.56 Å². The highest BCUT2D eigenvalue weighted by atomic mass is 79.9. The van der Waals surface area contributed by atoms with Crippen molar-refractivity contribution >= 4 is 37.9 Å². The summed E-state index contributed by atoms with van der Waals surface area (Å²) in [6.07, 6.45) is 0. The molecule has 27 heavy (non-hydrogen) atoms. The predicted octanol–water partition coefficient (Wildman–Crippen LogP) is 3.19. The van der Waals surface area contributed by atoms with Crippen molar-refractivity contribution < 1.29 is 0 Å². The molecular weight excluding hydrogens is 408 g/mol. The average molecular weight is 427 g/mol. The lowest BCUT2D eigenvalue weighted by Gasteiger charge is -2.11. The summed E-state index contributed by atoms with van der Waals surface area (Å²) in [4.78, 5) is 30.3. The van der Waals surface area contributed by atoms with E-state index < -0.39 is 0 Å². The Labute approximate surface area is 163 Å². The fraction of sp³-hybridized carbons (Fsp3) is 0.250. The SMILES string of the molecule is CCn1c(=O)n(Cc2ccc3c(C)cccc3c2)c(=O)c2c1nc(Br)n2C. The highest BCUT2D eigenvalue weighted by Gasteiger charge is 2.18. The molecule has 0 fully saturated rings. The van der Waals surface area contributed by atoms with E-state index in [0.29, 0.717) is 22.4 Å². The van der Waals surface area contributed by atoms with Crippen LogP contribution in [0.4, 0.5) is 0 Å². The molecule has 7 heteroatoms. The Morgan fingerprint density at radius 2 is 1.89 bits per heavy atom. The van der Waals surface area contributed by atoms with E-state index in [2.05, 4.69) is 33.9 Å². The molecule has 0 aliphatic carbocycles. The van der Waals surface area contributed by atoms with Crippen LogP contribution in [0.1, 0.15) is 18.1 Å². The molecule has 0 atom stereocenters. The van der Waals surface area contributed by atoms with Gasteiger partial charge in [0.15, 0.2) is 15.9 Å². The minimum absolute atomic E-state index is 0.223. The number of imidazole rings is 1. The fourth-order valence-electron chi connectivity index (χ4n) is 3.54. The molecule has 6 nitrogen and oxygen atoms in total. The molecular formula is C20H19BrN4O2. The largest absolute Gasteiger partial charge is 0.333 e. The molecule has 0 amide bonds. The molecule has 2 aromatic carbocycles. The standard InChI is InChI=1S/C20H19BrN4O2/c1-4-24-17-16(23(3)19(21)22-17)18(26)25(20(24)27)11-13-8-9-15-12(2)6-5-7-14(15)10-13/h5-10H,4,11H2,1-3H3. The van der Waals surface area contributed by atoms with E-state index in [9.17, 15) is 9.59 Å². The van der Waals surface area contributed by atoms with Crippen molar-refractivity contribution in [2.45, 2.75) is 26.9 Å². The van der Waals surface area contributed by atoms with Crippen molar-refractivity contribution in [1.82, 2.24) is 18.7 Å². The van der Waals surface area contributed by atoms with Crippen molar-refractivity contribution in [3.8, 4) is 0 Å². The number of nitrogens with zero attached hydrogens (tertiary/aromatic N) is 4. The topological polar surface area (TPSA) is 61.8 Å². The fourth-order valence-corrected chi connectivity index (χ4v) is 3.88. The van der Waals surface area contributed by atoms with Gasteiger partial charge in [-0.25, -0.2) is 9.78 Å². The van der Waals surface area contributed by atoms with Crippen LogP contribution in [0.2, 0.25) is 0 Å². The summed E-state index contributed by atoms with van der Waals surface area (Å²) >= 11 is 3.34. The van der Waals surface area contributed by atoms with Gasteiger partial charge in [-0.2, -0.15) is 0 Å². The molecule has 0 N–H and O–H groups in total. The van der Waals surface area contributed by atoms with E-state index in [4.69, 9.17) is 0 Å². The van der Waals surface area contributed by atoms with Crippen molar-refractivity contribution in [2.75, 3.05) is 0 Å². The van der Waals surface area contributed by atoms with Gasteiger partial charge in [-0.1, -0.05) is 30.3 Å². The predicted molar refractivity (Wildman–Crippen MR) is 110 cm³/mol. The zero-order valence-electron chi connectivity index (χ0n) is 15.4. The molecule has 0 radical (unpaired) electrons. The summed E-state index contributed by atoms with van der Waals surface area (Å²) in [7, 11) is 1.76. The van der Waals surface area contributed by atoms with Gasteiger partial charge in [-0.05, 0) is 57.7 Å². The first-order valence-electron chi connectivity index (χ1n) is 8.76. The van der Waals surface area contributed by atoms with E-state index in [1.807, 2.05) is 37.3 Å². The maximum absolute atomic E-state index is 13.0. The van der Waals surface area contributed by atoms with Crippen LogP contribution in [0, 0.1) is 6.92 Å². The molecule has 0 saturated heterocycles. The van der Waals surface area contributed by atoms with Crippen LogP contribution >= 0.6 is 15.9 Å². The Balaban J connectivity index is 1.93. The van der Waals surface area contributed by atoms with Gasteiger partial charge < -0.3 is 4.57 Å². The van der Waals surface area contributed by atoms with Crippen LogP contribution in [-0.4, -0.2) is 18.7 Å². The number of rotatable bonds is 3. The second kappa shape index (κ2) is 6.49. The van der Waals surface area contributed by atoms with Crippen molar-refractivity contribution in [2.24, 2.45) is 7.05 Å². The first-order chi connectivity index (χ1) is 12.9. The van der Waals surface area contributed by atoms with Crippen molar-refractivity contribution in [3.05, 3.63) is 73.1 Å². The smallest absolute Gasteiger partial charge is 0.316 e. The quantitative estimate of drug-likeness (QED) is 0.472. The maximum Gasteiger partial charge on any atom is 0.333 e. The average Bonchev–Trinajstić information content (AvgIpc) is 2.94. The van der Waals surface area contributed by atoms with Gasteiger partial charge in [-0.15, -0.1) is 0 Å². The van der Waals surface area contributed by atoms with E-state index in [1.165, 1.54) is 20.1 Å². The summed E-state index contributed by atoms with van der Waals surface area (Å²) in [6, 6.07) is 12.2. The molecule has 2 heterocycles. The van der Waals surface area contributed by atoms with E-state index in [-0.39, 0.29) is 17.8 Å². The molecule has 2 aromatic heterocycles. The first kappa shape index (κ1) is 17.7. The summed E-state index contributed by atoms with van der Waals surface area (Å²) in [5, 5.41) is 2.27. The number of halogens is 1. The minimum Gasteiger partial charge on any atom is -0.316 e. The summed E-state index contributed by atoms with van der Waals surface area (Å²) in [5.74, 6) is 0. The lowest BCUT2D eigenvalue weighted by Crippen LogP contribution is -2.40. The van der Waals surface area contributed by atoms with Gasteiger partial charge >= 0.3 is 5.69 Å². The molecule has 0 saturated carbocycles. The Morgan fingerprint density at radius 1 is 1.11 bits per heavy atom. The number of benzene rings is 2. The van der Waals surface area contributed by atoms with E-state index in [1.54, 1.807) is 11.6 Å². The summed E-state index contributed by atoms with van der Waals surface area (Å²) in [5.41, 5.74) is 2.27. The third kappa shape index (κ3) is 2.73. The van der Waals surface area contributed by atoms with Gasteiger partial charge in [0.1, 0.15) is 0 Å². The first-order valence-corrected chi connectivity index (χ1v) is 9.55. The highest BCUT2D eigenvalue weighted by Crippen LogP contribution is 2.20. The van der Waals surface area contributed by atoms with Crippen LogP contribution in [0.5, 0.6) is 0 Å². The van der Waals surface area contributed by atoms with Crippen LogP contribution in [-0.2, 0) is 20.1 Å². The monoisotopic (exact) mass is 426 g/mol. The number of hydrogen-bond acceptors (Lipinski definition) is 3. The Bertz CT molecular complexity index is 1310. The number of aryl methyl sites for hydroxylation is 3. The zero-order chi connectivity index (χ0) is 19.3. The maximum atomic E-state index is 13.0. The minimum atomic E-state index is -0.343. The highest BCUT2D eigenvalue weighted by molar-refractivity contribution is 9.10. The lowest BCUT2D eigenvalue weighted by molar-refractivity contribution is 0.618. The molecule has 0 spiro atoms. The normalized spacial score (nSPS) is 11.6. The van der Waals surface area contributed by atoms with Crippen LogP contribution in [0.15, 0.2) is 50.7 Å². The zero-order valence-corrected chi connectivity index (χ0v) is 16.9. The number of hydrogen-bond donors (Lipinski definition) is 0. The molecule has 138 valence electrons. The molecule has 4 aromatic rings. The third-order valence-corrected chi connectivity index (χ3v) is 5.72. The summed E-state index contributed by atoms with van der Waals surface area (Å²) < 4.78 is 5.02. The Morgan fingerprint density at radius 3 is 2.63 bits per heavy atom. The second-order valence-electron chi connectivity index (χ2n) is 6.66. The van der Waals surface area contributed by atoms with Crippen molar-refractivity contribution in [1.29, 1.82) is 0 Å². The van der Waals surface area contributed by atoms with Gasteiger partial charge in [0.2, 0.25) is 0 Å².